The molecule has 0 spiro atoms. The number of rotatable bonds is 3. The molecule has 0 aliphatic carbocycles. The van der Waals surface area contributed by atoms with Crippen molar-refractivity contribution in [2.45, 2.75) is 0 Å². The maximum atomic E-state index is 13.2. The van der Waals surface area contributed by atoms with Gasteiger partial charge < -0.3 is 15.9 Å². The normalized spacial score (nSPS) is 8.76. The van der Waals surface area contributed by atoms with Crippen LogP contribution in [-0.2, 0) is 0 Å². The average molecular weight is 281 g/mol. The third kappa shape index (κ3) is 4.30. The van der Waals surface area contributed by atoms with Gasteiger partial charge in [0.1, 0.15) is 23.3 Å². The van der Waals surface area contributed by atoms with E-state index in [1.807, 2.05) is 0 Å². The molecule has 1 heterocycles. The minimum Gasteiger partial charge on any atom is -0.870 e. The van der Waals surface area contributed by atoms with E-state index in [2.05, 4.69) is 10.3 Å². The van der Waals surface area contributed by atoms with Gasteiger partial charge in [-0.25, -0.2) is 14.2 Å². The number of carboxylic acids is 1. The Labute approximate surface area is 131 Å². The van der Waals surface area contributed by atoms with E-state index in [0.717, 1.165) is 6.07 Å². The molecule has 0 aliphatic heterocycles. The van der Waals surface area contributed by atoms with Crippen LogP contribution < -0.4 is 24.2 Å². The smallest absolute Gasteiger partial charge is 0.870 e. The number of nitrogens with zero attached hydrogens (tertiary/aromatic N) is 2. The van der Waals surface area contributed by atoms with Crippen molar-refractivity contribution in [1.29, 1.82) is 5.26 Å². The Morgan fingerprint density at radius 1 is 1.38 bits per heavy atom. The van der Waals surface area contributed by atoms with E-state index in [0.29, 0.717) is 5.69 Å². The van der Waals surface area contributed by atoms with Gasteiger partial charge in [-0.1, -0.05) is 0 Å². The molecule has 3 N–H and O–H groups in total. The Morgan fingerprint density at radius 3 is 2.71 bits per heavy atom. The molecule has 102 valence electrons. The SMILES string of the molecule is N#Cc1cc(Nc2ncccc2C(=O)O)ccc1F.[Li+].[OH-]. The largest absolute Gasteiger partial charge is 1.00 e. The molecule has 0 atom stereocenters. The first-order valence-corrected chi connectivity index (χ1v) is 5.27. The number of aromatic nitrogens is 1. The molecular weight excluding hydrogens is 272 g/mol. The fourth-order valence-corrected chi connectivity index (χ4v) is 1.50. The van der Waals surface area contributed by atoms with Gasteiger partial charge in [0.15, 0.2) is 0 Å². The number of pyridine rings is 1. The van der Waals surface area contributed by atoms with Crippen LogP contribution in [0.5, 0.6) is 0 Å². The zero-order valence-corrected chi connectivity index (χ0v) is 11.0. The van der Waals surface area contributed by atoms with E-state index < -0.39 is 11.8 Å². The maximum Gasteiger partial charge on any atom is 1.00 e. The average Bonchev–Trinajstić information content (AvgIpc) is 2.41. The Kier molecular flexibility index (Phi) is 7.12. The molecular formula is C13H9FLiN3O3. The van der Waals surface area contributed by atoms with E-state index >= 15 is 0 Å². The van der Waals surface area contributed by atoms with E-state index in [9.17, 15) is 9.18 Å². The molecule has 6 nitrogen and oxygen atoms in total. The van der Waals surface area contributed by atoms with Crippen molar-refractivity contribution in [3.63, 3.8) is 0 Å². The van der Waals surface area contributed by atoms with Crippen molar-refractivity contribution in [2.75, 3.05) is 5.32 Å². The number of nitriles is 1. The second kappa shape index (κ2) is 8.03. The number of anilines is 2. The zero-order valence-electron chi connectivity index (χ0n) is 11.0. The number of nitrogens with one attached hydrogen (secondary N) is 1. The Bertz CT molecular complexity index is 689. The van der Waals surface area contributed by atoms with Crippen molar-refractivity contribution in [2.24, 2.45) is 0 Å². The van der Waals surface area contributed by atoms with Gasteiger partial charge in [-0.2, -0.15) is 5.26 Å². The minimum atomic E-state index is -1.13. The number of carbonyl (C=O) groups is 1. The van der Waals surface area contributed by atoms with Gasteiger partial charge in [-0.3, -0.25) is 0 Å². The summed E-state index contributed by atoms with van der Waals surface area (Å²) in [7, 11) is 0. The van der Waals surface area contributed by atoms with Gasteiger partial charge in [0.25, 0.3) is 0 Å². The van der Waals surface area contributed by atoms with Gasteiger partial charge in [-0.15, -0.1) is 0 Å². The molecule has 0 unspecified atom stereocenters. The van der Waals surface area contributed by atoms with Crippen LogP contribution in [0.1, 0.15) is 15.9 Å². The quantitative estimate of drug-likeness (QED) is 0.723. The van der Waals surface area contributed by atoms with Crippen molar-refractivity contribution in [3.8, 4) is 6.07 Å². The third-order valence-corrected chi connectivity index (χ3v) is 2.39. The first kappa shape index (κ1) is 18.6. The summed E-state index contributed by atoms with van der Waals surface area (Å²) in [4.78, 5) is 14.9. The Balaban J connectivity index is 0.00000200. The van der Waals surface area contributed by atoms with Crippen molar-refractivity contribution in [3.05, 3.63) is 53.5 Å². The van der Waals surface area contributed by atoms with Crippen LogP contribution in [-0.4, -0.2) is 21.5 Å². The molecule has 1 aromatic carbocycles. The third-order valence-electron chi connectivity index (χ3n) is 2.39. The van der Waals surface area contributed by atoms with E-state index in [1.54, 1.807) is 6.07 Å². The molecule has 2 aromatic rings. The number of halogens is 1. The molecule has 2 rings (SSSR count). The molecule has 21 heavy (non-hydrogen) atoms. The van der Waals surface area contributed by atoms with Gasteiger partial charge in [0.2, 0.25) is 0 Å². The van der Waals surface area contributed by atoms with Gasteiger partial charge >= 0.3 is 24.8 Å². The van der Waals surface area contributed by atoms with Crippen LogP contribution >= 0.6 is 0 Å². The van der Waals surface area contributed by atoms with Crippen LogP contribution in [0.25, 0.3) is 0 Å². The summed E-state index contributed by atoms with van der Waals surface area (Å²) in [5.41, 5.74) is 0.252. The van der Waals surface area contributed by atoms with Crippen LogP contribution in [0.4, 0.5) is 15.9 Å². The second-order valence-electron chi connectivity index (χ2n) is 3.64. The number of carboxylic acid groups (broad SMARTS) is 1. The summed E-state index contributed by atoms with van der Waals surface area (Å²) in [6.45, 7) is 0. The van der Waals surface area contributed by atoms with Crippen LogP contribution in [0.3, 0.4) is 0 Å². The summed E-state index contributed by atoms with van der Waals surface area (Å²) in [5, 5.41) is 20.5. The summed E-state index contributed by atoms with van der Waals surface area (Å²) >= 11 is 0. The molecule has 0 fully saturated rings. The zero-order chi connectivity index (χ0) is 13.8. The molecule has 0 aliphatic rings. The molecule has 0 radical (unpaired) electrons. The second-order valence-corrected chi connectivity index (χ2v) is 3.64. The summed E-state index contributed by atoms with van der Waals surface area (Å²) in [6, 6.07) is 8.42. The van der Waals surface area contributed by atoms with Gasteiger partial charge in [0.05, 0.1) is 5.56 Å². The summed E-state index contributed by atoms with van der Waals surface area (Å²) < 4.78 is 13.2. The fraction of sp³-hybridized carbons (Fsp3) is 0. The van der Waals surface area contributed by atoms with Crippen molar-refractivity contribution >= 4 is 17.5 Å². The molecule has 0 saturated carbocycles. The Hall–Kier alpha value is -2.38. The van der Waals surface area contributed by atoms with Crippen molar-refractivity contribution in [1.82, 2.24) is 4.98 Å². The predicted octanol–water partition coefficient (Wildman–Crippen LogP) is -0.639. The van der Waals surface area contributed by atoms with E-state index in [4.69, 9.17) is 10.4 Å². The topological polar surface area (TPSA) is 116 Å². The standard InChI is InChI=1S/C13H8FN3O2.Li.H2O/c14-11-4-3-9(6-8(11)7-15)17-12-10(13(18)19)2-1-5-16-12;;/h1-6H,(H,16,17)(H,18,19);;1H2/q;+1;/p-1. The van der Waals surface area contributed by atoms with Crippen molar-refractivity contribution < 1.29 is 38.6 Å². The summed E-state index contributed by atoms with van der Waals surface area (Å²) in [6.07, 6.45) is 1.43. The molecule has 0 saturated heterocycles. The van der Waals surface area contributed by atoms with E-state index in [1.165, 1.54) is 30.5 Å². The van der Waals surface area contributed by atoms with Gasteiger partial charge in [0, 0.05) is 11.9 Å². The monoisotopic (exact) mass is 281 g/mol. The molecule has 8 heteroatoms. The molecule has 0 bridgehead atoms. The number of aromatic carboxylic acids is 1. The number of hydrogen-bond acceptors (Lipinski definition) is 5. The van der Waals surface area contributed by atoms with Crippen LogP contribution in [0.15, 0.2) is 36.5 Å². The van der Waals surface area contributed by atoms with E-state index in [-0.39, 0.29) is 41.3 Å². The fourth-order valence-electron chi connectivity index (χ4n) is 1.50. The predicted molar refractivity (Wildman–Crippen MR) is 67.5 cm³/mol. The number of hydrogen-bond donors (Lipinski definition) is 2. The first-order chi connectivity index (χ1) is 9.11. The molecule has 1 aromatic heterocycles. The van der Waals surface area contributed by atoms with Gasteiger partial charge in [-0.05, 0) is 30.3 Å². The maximum absolute atomic E-state index is 13.2. The molecule has 0 amide bonds. The summed E-state index contributed by atoms with van der Waals surface area (Å²) in [5.74, 6) is -1.63. The van der Waals surface area contributed by atoms with Crippen LogP contribution in [0, 0.1) is 17.1 Å². The van der Waals surface area contributed by atoms with Crippen LogP contribution in [0.2, 0.25) is 0 Å². The minimum absolute atomic E-state index is 0. The number of benzene rings is 1. The first-order valence-electron chi connectivity index (χ1n) is 5.27. The Morgan fingerprint density at radius 2 is 2.10 bits per heavy atom.